The molecular weight excluding hydrogens is 354 g/mol. The number of nitriles is 1. The molecule has 140 valence electrons. The second-order valence-corrected chi connectivity index (χ2v) is 8.18. The van der Waals surface area contributed by atoms with E-state index in [0.717, 1.165) is 50.0 Å². The fraction of sp³-hybridized carbons (Fsp3) is 0.409. The first kappa shape index (κ1) is 19.4. The topological polar surface area (TPSA) is 57.0 Å². The maximum atomic E-state index is 13.1. The highest BCUT2D eigenvalue weighted by Gasteiger charge is 2.27. The first-order valence-electron chi connectivity index (χ1n) is 9.60. The summed E-state index contributed by atoms with van der Waals surface area (Å²) < 4.78 is 0. The van der Waals surface area contributed by atoms with E-state index in [2.05, 4.69) is 24.0 Å². The molecule has 1 amide bonds. The van der Waals surface area contributed by atoms with Gasteiger partial charge in [0.15, 0.2) is 0 Å². The molecule has 0 saturated heterocycles. The molecule has 2 heterocycles. The second-order valence-electron chi connectivity index (χ2n) is 6.85. The summed E-state index contributed by atoms with van der Waals surface area (Å²) in [5.41, 5.74) is 3.78. The molecule has 3 rings (SSSR count). The van der Waals surface area contributed by atoms with Crippen LogP contribution in [-0.2, 0) is 17.6 Å². The number of unbranched alkanes of at least 4 members (excludes halogenated alkanes) is 1. The number of hydrogen-bond acceptors (Lipinski definition) is 4. The number of carbonyl (C=O) groups is 1. The van der Waals surface area contributed by atoms with Crippen LogP contribution in [-0.4, -0.2) is 22.7 Å². The second kappa shape index (κ2) is 9.05. The van der Waals surface area contributed by atoms with Gasteiger partial charge in [0.2, 0.25) is 5.91 Å². The molecule has 5 heteroatoms. The number of nitrogens with zero attached hydrogens (tertiary/aromatic N) is 3. The minimum Gasteiger partial charge on any atom is -0.311 e. The Labute approximate surface area is 165 Å². The number of para-hydroxylation sites is 1. The molecule has 1 aromatic carbocycles. The van der Waals surface area contributed by atoms with Gasteiger partial charge in [-0.05, 0) is 56.4 Å². The SMILES string of the molecule is CCCCc1ccc(C#N)c(SC(C)C(=O)N2CCCc3ccccc32)n1. The van der Waals surface area contributed by atoms with Crippen molar-refractivity contribution >= 4 is 23.4 Å². The Hall–Kier alpha value is -2.32. The largest absolute Gasteiger partial charge is 0.311 e. The molecule has 27 heavy (non-hydrogen) atoms. The normalized spacial score (nSPS) is 14.3. The van der Waals surface area contributed by atoms with E-state index in [-0.39, 0.29) is 11.2 Å². The summed E-state index contributed by atoms with van der Waals surface area (Å²) in [6, 6.07) is 14.1. The number of aromatic nitrogens is 1. The van der Waals surface area contributed by atoms with E-state index < -0.39 is 0 Å². The summed E-state index contributed by atoms with van der Waals surface area (Å²) in [7, 11) is 0. The van der Waals surface area contributed by atoms with E-state index in [0.29, 0.717) is 10.6 Å². The Morgan fingerprint density at radius 1 is 1.33 bits per heavy atom. The van der Waals surface area contributed by atoms with Crippen molar-refractivity contribution in [3.05, 3.63) is 53.2 Å². The summed E-state index contributed by atoms with van der Waals surface area (Å²) in [5, 5.41) is 9.79. The fourth-order valence-electron chi connectivity index (χ4n) is 3.35. The summed E-state index contributed by atoms with van der Waals surface area (Å²) in [5.74, 6) is 0.0804. The predicted octanol–water partition coefficient (Wildman–Crippen LogP) is 4.76. The van der Waals surface area contributed by atoms with Crippen LogP contribution in [0.1, 0.15) is 49.9 Å². The molecule has 2 aromatic rings. The van der Waals surface area contributed by atoms with Gasteiger partial charge in [0, 0.05) is 17.9 Å². The zero-order chi connectivity index (χ0) is 19.2. The molecule has 1 aliphatic rings. The molecule has 1 aliphatic heterocycles. The van der Waals surface area contributed by atoms with E-state index >= 15 is 0 Å². The highest BCUT2D eigenvalue weighted by molar-refractivity contribution is 8.00. The van der Waals surface area contributed by atoms with Gasteiger partial charge in [-0.1, -0.05) is 43.3 Å². The number of pyridine rings is 1. The highest BCUT2D eigenvalue weighted by Crippen LogP contribution is 2.31. The first-order valence-corrected chi connectivity index (χ1v) is 10.5. The van der Waals surface area contributed by atoms with Crippen molar-refractivity contribution in [2.75, 3.05) is 11.4 Å². The van der Waals surface area contributed by atoms with Crippen LogP contribution in [0.25, 0.3) is 0 Å². The van der Waals surface area contributed by atoms with Crippen molar-refractivity contribution in [3.8, 4) is 6.07 Å². The average molecular weight is 380 g/mol. The van der Waals surface area contributed by atoms with Crippen LogP contribution in [0.2, 0.25) is 0 Å². The maximum Gasteiger partial charge on any atom is 0.240 e. The highest BCUT2D eigenvalue weighted by atomic mass is 32.2. The minimum atomic E-state index is -0.294. The summed E-state index contributed by atoms with van der Waals surface area (Å²) >= 11 is 1.39. The molecule has 0 fully saturated rings. The Morgan fingerprint density at radius 2 is 2.15 bits per heavy atom. The Morgan fingerprint density at radius 3 is 2.93 bits per heavy atom. The molecule has 0 N–H and O–H groups in total. The van der Waals surface area contributed by atoms with E-state index in [4.69, 9.17) is 0 Å². The van der Waals surface area contributed by atoms with Gasteiger partial charge < -0.3 is 4.90 Å². The number of benzene rings is 1. The third-order valence-electron chi connectivity index (χ3n) is 4.84. The third kappa shape index (κ3) is 4.51. The van der Waals surface area contributed by atoms with Gasteiger partial charge in [-0.2, -0.15) is 5.26 Å². The van der Waals surface area contributed by atoms with Gasteiger partial charge in [-0.3, -0.25) is 4.79 Å². The number of rotatable bonds is 6. The van der Waals surface area contributed by atoms with Gasteiger partial charge in [-0.15, -0.1) is 0 Å². The first-order chi connectivity index (χ1) is 13.1. The Kier molecular flexibility index (Phi) is 6.52. The monoisotopic (exact) mass is 379 g/mol. The van der Waals surface area contributed by atoms with Gasteiger partial charge in [-0.25, -0.2) is 4.98 Å². The third-order valence-corrected chi connectivity index (χ3v) is 5.93. The summed E-state index contributed by atoms with van der Waals surface area (Å²) in [6.45, 7) is 4.80. The van der Waals surface area contributed by atoms with Crippen LogP contribution in [0.15, 0.2) is 41.4 Å². The van der Waals surface area contributed by atoms with Crippen LogP contribution in [0.3, 0.4) is 0 Å². The van der Waals surface area contributed by atoms with Crippen molar-refractivity contribution < 1.29 is 4.79 Å². The summed E-state index contributed by atoms with van der Waals surface area (Å²) in [4.78, 5) is 19.7. The van der Waals surface area contributed by atoms with Crippen LogP contribution in [0.5, 0.6) is 0 Å². The molecule has 0 aliphatic carbocycles. The number of aryl methyl sites for hydroxylation is 2. The van der Waals surface area contributed by atoms with E-state index in [1.54, 1.807) is 0 Å². The molecule has 0 bridgehead atoms. The zero-order valence-corrected chi connectivity index (χ0v) is 16.8. The molecule has 1 atom stereocenters. The Bertz CT molecular complexity index is 859. The lowest BCUT2D eigenvalue weighted by Gasteiger charge is -2.31. The number of anilines is 1. The molecule has 0 spiro atoms. The van der Waals surface area contributed by atoms with Crippen molar-refractivity contribution in [2.24, 2.45) is 0 Å². The van der Waals surface area contributed by atoms with Crippen LogP contribution < -0.4 is 4.90 Å². The number of carbonyl (C=O) groups excluding carboxylic acids is 1. The quantitative estimate of drug-likeness (QED) is 0.679. The number of thioether (sulfide) groups is 1. The van der Waals surface area contributed by atoms with Gasteiger partial charge in [0.25, 0.3) is 0 Å². The molecular formula is C22H25N3OS. The molecule has 0 saturated carbocycles. The predicted molar refractivity (Wildman–Crippen MR) is 110 cm³/mol. The zero-order valence-electron chi connectivity index (χ0n) is 15.9. The standard InChI is InChI=1S/C22H25N3OS/c1-3-4-10-19-13-12-18(15-23)21(24-19)27-16(2)22(26)25-14-7-9-17-8-5-6-11-20(17)25/h5-6,8,11-13,16H,3-4,7,9-10,14H2,1-2H3. The lowest BCUT2D eigenvalue weighted by Crippen LogP contribution is -2.40. The van der Waals surface area contributed by atoms with Crippen molar-refractivity contribution in [3.63, 3.8) is 0 Å². The van der Waals surface area contributed by atoms with Crippen LogP contribution >= 0.6 is 11.8 Å². The molecule has 4 nitrogen and oxygen atoms in total. The van der Waals surface area contributed by atoms with E-state index in [1.807, 2.05) is 42.2 Å². The van der Waals surface area contributed by atoms with Gasteiger partial charge in [0.1, 0.15) is 11.1 Å². The fourth-order valence-corrected chi connectivity index (χ4v) is 4.32. The van der Waals surface area contributed by atoms with Crippen LogP contribution in [0, 0.1) is 11.3 Å². The lowest BCUT2D eigenvalue weighted by atomic mass is 10.0. The van der Waals surface area contributed by atoms with E-state index in [1.165, 1.54) is 17.3 Å². The van der Waals surface area contributed by atoms with Crippen LogP contribution in [0.4, 0.5) is 5.69 Å². The number of fused-ring (bicyclic) bond motifs is 1. The lowest BCUT2D eigenvalue weighted by molar-refractivity contribution is -0.117. The van der Waals surface area contributed by atoms with Crippen molar-refractivity contribution in [2.45, 2.75) is 56.2 Å². The molecule has 1 unspecified atom stereocenters. The molecule has 0 radical (unpaired) electrons. The maximum absolute atomic E-state index is 13.1. The van der Waals surface area contributed by atoms with Gasteiger partial charge >= 0.3 is 0 Å². The van der Waals surface area contributed by atoms with Crippen molar-refractivity contribution in [1.29, 1.82) is 5.26 Å². The minimum absolute atomic E-state index is 0.0804. The molecule has 1 aromatic heterocycles. The van der Waals surface area contributed by atoms with E-state index in [9.17, 15) is 10.1 Å². The number of hydrogen-bond donors (Lipinski definition) is 0. The van der Waals surface area contributed by atoms with Crippen molar-refractivity contribution in [1.82, 2.24) is 4.98 Å². The summed E-state index contributed by atoms with van der Waals surface area (Å²) in [6.07, 6.45) is 5.07. The Balaban J connectivity index is 1.78. The smallest absolute Gasteiger partial charge is 0.240 e. The van der Waals surface area contributed by atoms with Gasteiger partial charge in [0.05, 0.1) is 10.8 Å². The number of amides is 1. The average Bonchev–Trinajstić information content (AvgIpc) is 2.71.